The molecular weight excluding hydrogens is 556 g/mol. The lowest BCUT2D eigenvalue weighted by Crippen LogP contribution is -2.47. The maximum atomic E-state index is 5.45. The van der Waals surface area contributed by atoms with Crippen molar-refractivity contribution >= 4 is 55.4 Å². The van der Waals surface area contributed by atoms with E-state index in [2.05, 4.69) is 49.7 Å². The maximum Gasteiger partial charge on any atom is 0.259 e. The molecule has 5 rings (SSSR count). The lowest BCUT2D eigenvalue weighted by atomic mass is 10.0. The molecule has 5 heterocycles. The predicted molar refractivity (Wildman–Crippen MR) is 158 cm³/mol. The zero-order valence-corrected chi connectivity index (χ0v) is 24.5. The van der Waals surface area contributed by atoms with Gasteiger partial charge >= 0.3 is 0 Å². The molecule has 0 atom stereocenters. The standard InChI is InChI=1S/C25H33N7O.4ClH/c1-19(2)30-14-9-21(10-15-30)31-12-5-13-32(17-16-31)23-8-3-7-22(27-23)24-28-25(33-29-24)20-6-4-11-26-18-20;;;;/h3-4,6-8,11,18-19,21H,5,9-10,12-17H2,1-2H3;4*1H. The van der Waals surface area contributed by atoms with Crippen LogP contribution in [-0.4, -0.2) is 81.3 Å². The number of hydrogen-bond acceptors (Lipinski definition) is 8. The van der Waals surface area contributed by atoms with Crippen molar-refractivity contribution in [1.29, 1.82) is 0 Å². The van der Waals surface area contributed by atoms with Gasteiger partial charge in [0.05, 0.1) is 5.56 Å². The Bertz CT molecular complexity index is 1050. The van der Waals surface area contributed by atoms with Crippen LogP contribution < -0.4 is 4.90 Å². The molecule has 8 nitrogen and oxygen atoms in total. The van der Waals surface area contributed by atoms with Crippen molar-refractivity contribution in [1.82, 2.24) is 29.9 Å². The van der Waals surface area contributed by atoms with Crippen molar-refractivity contribution in [3.63, 3.8) is 0 Å². The van der Waals surface area contributed by atoms with Gasteiger partial charge in [-0.3, -0.25) is 9.88 Å². The van der Waals surface area contributed by atoms with Crippen LogP contribution in [0.15, 0.2) is 47.2 Å². The van der Waals surface area contributed by atoms with E-state index in [4.69, 9.17) is 9.51 Å². The van der Waals surface area contributed by atoms with Gasteiger partial charge in [0.1, 0.15) is 11.5 Å². The van der Waals surface area contributed by atoms with Crippen LogP contribution in [0.3, 0.4) is 0 Å². The normalized spacial score (nSPS) is 17.1. The number of piperidine rings is 1. The molecule has 0 N–H and O–H groups in total. The fourth-order valence-electron chi connectivity index (χ4n) is 4.96. The van der Waals surface area contributed by atoms with E-state index in [1.165, 1.54) is 32.5 Å². The van der Waals surface area contributed by atoms with Crippen LogP contribution in [0, 0.1) is 0 Å². The molecule has 2 aliphatic rings. The second-order valence-electron chi connectivity index (χ2n) is 9.28. The van der Waals surface area contributed by atoms with Crippen LogP contribution in [0.2, 0.25) is 0 Å². The minimum absolute atomic E-state index is 0. The summed E-state index contributed by atoms with van der Waals surface area (Å²) < 4.78 is 5.45. The van der Waals surface area contributed by atoms with Gasteiger partial charge in [0.2, 0.25) is 5.82 Å². The van der Waals surface area contributed by atoms with Crippen LogP contribution in [0.5, 0.6) is 0 Å². The summed E-state index contributed by atoms with van der Waals surface area (Å²) in [5, 5.41) is 4.15. The van der Waals surface area contributed by atoms with Gasteiger partial charge in [-0.15, -0.1) is 49.6 Å². The molecule has 0 bridgehead atoms. The van der Waals surface area contributed by atoms with Crippen molar-refractivity contribution in [3.8, 4) is 23.0 Å². The van der Waals surface area contributed by atoms with Crippen molar-refractivity contribution in [3.05, 3.63) is 42.7 Å². The third-order valence-corrected chi connectivity index (χ3v) is 6.90. The van der Waals surface area contributed by atoms with Gasteiger partial charge in [-0.25, -0.2) is 4.98 Å². The first kappa shape index (κ1) is 33.3. The Morgan fingerprint density at radius 1 is 0.865 bits per heavy atom. The Morgan fingerprint density at radius 3 is 2.35 bits per heavy atom. The molecule has 0 aliphatic carbocycles. The topological polar surface area (TPSA) is 74.4 Å². The van der Waals surface area contributed by atoms with Crippen molar-refractivity contribution < 1.29 is 4.52 Å². The first-order valence-electron chi connectivity index (χ1n) is 12.1. The number of pyridine rings is 2. The van der Waals surface area contributed by atoms with E-state index in [0.717, 1.165) is 43.1 Å². The van der Waals surface area contributed by atoms with E-state index < -0.39 is 0 Å². The fourth-order valence-corrected chi connectivity index (χ4v) is 4.96. The minimum atomic E-state index is 0. The summed E-state index contributed by atoms with van der Waals surface area (Å²) in [6, 6.07) is 11.2. The predicted octanol–water partition coefficient (Wildman–Crippen LogP) is 5.27. The highest BCUT2D eigenvalue weighted by atomic mass is 35.5. The number of halogens is 4. The molecule has 3 aromatic heterocycles. The lowest BCUT2D eigenvalue weighted by Gasteiger charge is -2.39. The van der Waals surface area contributed by atoms with E-state index in [0.29, 0.717) is 23.8 Å². The second kappa shape index (κ2) is 15.7. The summed E-state index contributed by atoms with van der Waals surface area (Å²) in [7, 11) is 0. The van der Waals surface area contributed by atoms with E-state index in [1.54, 1.807) is 12.4 Å². The van der Waals surface area contributed by atoms with Crippen LogP contribution in [-0.2, 0) is 0 Å². The van der Waals surface area contributed by atoms with Gasteiger partial charge < -0.3 is 14.3 Å². The van der Waals surface area contributed by atoms with Crippen LogP contribution in [0.4, 0.5) is 5.82 Å². The zero-order valence-electron chi connectivity index (χ0n) is 21.2. The molecule has 0 unspecified atom stereocenters. The largest absolute Gasteiger partial charge is 0.355 e. The molecule has 0 spiro atoms. The highest BCUT2D eigenvalue weighted by molar-refractivity contribution is 5.86. The average Bonchev–Trinajstić information content (AvgIpc) is 3.23. The molecule has 0 saturated carbocycles. The molecule has 3 aromatic rings. The number of anilines is 1. The third kappa shape index (κ3) is 8.15. The van der Waals surface area contributed by atoms with Gasteiger partial charge in [0, 0.05) is 50.7 Å². The number of likely N-dealkylation sites (tertiary alicyclic amines) is 1. The second-order valence-corrected chi connectivity index (χ2v) is 9.28. The monoisotopic (exact) mass is 591 g/mol. The Balaban J connectivity index is 0.00000171. The van der Waals surface area contributed by atoms with E-state index >= 15 is 0 Å². The highest BCUT2D eigenvalue weighted by Crippen LogP contribution is 2.24. The van der Waals surface area contributed by atoms with Crippen LogP contribution in [0.1, 0.15) is 33.1 Å². The van der Waals surface area contributed by atoms with Gasteiger partial charge in [-0.05, 0) is 70.5 Å². The van der Waals surface area contributed by atoms with E-state index in [9.17, 15) is 0 Å². The highest BCUT2D eigenvalue weighted by Gasteiger charge is 2.27. The van der Waals surface area contributed by atoms with Gasteiger partial charge in [0.15, 0.2) is 0 Å². The molecule has 0 radical (unpaired) electrons. The maximum absolute atomic E-state index is 5.45. The van der Waals surface area contributed by atoms with Gasteiger partial charge in [-0.2, -0.15) is 4.98 Å². The zero-order chi connectivity index (χ0) is 22.6. The Labute approximate surface area is 244 Å². The number of hydrogen-bond donors (Lipinski definition) is 0. The van der Waals surface area contributed by atoms with Crippen LogP contribution in [0.25, 0.3) is 23.0 Å². The lowest BCUT2D eigenvalue weighted by molar-refractivity contribution is 0.0965. The average molecular weight is 593 g/mol. The summed E-state index contributed by atoms with van der Waals surface area (Å²) in [6.07, 6.45) is 7.16. The molecule has 2 fully saturated rings. The first-order chi connectivity index (χ1) is 16.2. The third-order valence-electron chi connectivity index (χ3n) is 6.90. The molecule has 0 aromatic carbocycles. The Hall–Kier alpha value is -1.68. The molecule has 12 heteroatoms. The molecule has 37 heavy (non-hydrogen) atoms. The fraction of sp³-hybridized carbons (Fsp3) is 0.520. The molecule has 206 valence electrons. The van der Waals surface area contributed by atoms with Gasteiger partial charge in [0.25, 0.3) is 5.89 Å². The summed E-state index contributed by atoms with van der Waals surface area (Å²) in [4.78, 5) is 21.3. The van der Waals surface area contributed by atoms with Gasteiger partial charge in [-0.1, -0.05) is 11.2 Å². The number of rotatable bonds is 5. The smallest absolute Gasteiger partial charge is 0.259 e. The SMILES string of the molecule is CC(C)N1CCC(N2CCCN(c3cccc(-c4noc(-c5cccnc5)n4)n3)CC2)CC1.Cl.Cl.Cl.Cl. The van der Waals surface area contributed by atoms with Crippen molar-refractivity contribution in [2.45, 2.75) is 45.2 Å². The van der Waals surface area contributed by atoms with Crippen LogP contribution >= 0.6 is 49.6 Å². The summed E-state index contributed by atoms with van der Waals surface area (Å²) in [5.41, 5.74) is 1.53. The summed E-state index contributed by atoms with van der Waals surface area (Å²) in [5.74, 6) is 1.94. The summed E-state index contributed by atoms with van der Waals surface area (Å²) >= 11 is 0. The number of aromatic nitrogens is 4. The van der Waals surface area contributed by atoms with E-state index in [-0.39, 0.29) is 49.6 Å². The molecule has 2 saturated heterocycles. The van der Waals surface area contributed by atoms with Crippen molar-refractivity contribution in [2.24, 2.45) is 0 Å². The Morgan fingerprint density at radius 2 is 1.65 bits per heavy atom. The Kier molecular flexibility index (Phi) is 14.1. The quantitative estimate of drug-likeness (QED) is 0.397. The first-order valence-corrected chi connectivity index (χ1v) is 12.1. The van der Waals surface area contributed by atoms with Crippen molar-refractivity contribution in [2.75, 3.05) is 44.2 Å². The molecular formula is C25H37Cl4N7O. The summed E-state index contributed by atoms with van der Waals surface area (Å²) in [6.45, 7) is 11.3. The van der Waals surface area contributed by atoms with E-state index in [1.807, 2.05) is 24.3 Å². The molecule has 2 aliphatic heterocycles. The molecule has 0 amide bonds. The number of nitrogens with zero attached hydrogens (tertiary/aromatic N) is 7. The minimum Gasteiger partial charge on any atom is -0.355 e.